The largest absolute Gasteiger partial charge is 0.299 e. The second-order valence-electron chi connectivity index (χ2n) is 5.61. The molecule has 0 fully saturated rings. The normalized spacial score (nSPS) is 10.6. The van der Waals surface area contributed by atoms with Crippen molar-refractivity contribution in [2.45, 2.75) is 40.5 Å². The molecule has 0 aliphatic heterocycles. The van der Waals surface area contributed by atoms with Crippen molar-refractivity contribution in [3.63, 3.8) is 0 Å². The third-order valence-corrected chi connectivity index (χ3v) is 4.21. The van der Waals surface area contributed by atoms with E-state index in [1.807, 2.05) is 12.1 Å². The Morgan fingerprint density at radius 1 is 0.750 bits per heavy atom. The van der Waals surface area contributed by atoms with E-state index in [0.717, 1.165) is 11.1 Å². The van der Waals surface area contributed by atoms with Crippen LogP contribution in [0, 0.1) is 27.7 Å². The van der Waals surface area contributed by atoms with Crippen molar-refractivity contribution in [2.75, 3.05) is 0 Å². The van der Waals surface area contributed by atoms with E-state index < -0.39 is 0 Å². The molecule has 0 N–H and O–H groups in total. The average Bonchev–Trinajstić information content (AvgIpc) is 2.40. The number of aryl methyl sites for hydroxylation is 2. The molecule has 2 rings (SSSR count). The second-order valence-corrected chi connectivity index (χ2v) is 5.61. The van der Waals surface area contributed by atoms with Gasteiger partial charge < -0.3 is 0 Å². The summed E-state index contributed by atoms with van der Waals surface area (Å²) >= 11 is 0. The summed E-state index contributed by atoms with van der Waals surface area (Å²) in [6.45, 7) is 8.37. The van der Waals surface area contributed by atoms with Crippen LogP contribution in [0.2, 0.25) is 0 Å². The summed E-state index contributed by atoms with van der Waals surface area (Å²) in [5.41, 5.74) is 7.29. The van der Waals surface area contributed by atoms with Crippen LogP contribution in [0.15, 0.2) is 36.4 Å². The quantitative estimate of drug-likeness (QED) is 0.807. The number of rotatable bonds is 4. The number of benzene rings is 2. The molecule has 0 heterocycles. The molecule has 1 heteroatoms. The van der Waals surface area contributed by atoms with Crippen LogP contribution in [0.5, 0.6) is 0 Å². The first-order chi connectivity index (χ1) is 9.49. The molecule has 1 nitrogen and oxygen atoms in total. The molecule has 0 unspecified atom stereocenters. The summed E-state index contributed by atoms with van der Waals surface area (Å²) in [5.74, 6) is 0.285. The van der Waals surface area contributed by atoms with E-state index in [1.165, 1.54) is 22.3 Å². The SMILES string of the molecule is Cc1cccc(CC(=O)Cc2cccc(C)c2C)c1C. The van der Waals surface area contributed by atoms with E-state index in [2.05, 4.69) is 52.0 Å². The van der Waals surface area contributed by atoms with Crippen molar-refractivity contribution in [3.05, 3.63) is 69.8 Å². The maximum absolute atomic E-state index is 12.3. The molecule has 0 bridgehead atoms. The first-order valence-electron chi connectivity index (χ1n) is 7.11. The number of ketones is 1. The summed E-state index contributed by atoms with van der Waals surface area (Å²) < 4.78 is 0. The molecule has 2 aromatic carbocycles. The maximum Gasteiger partial charge on any atom is 0.141 e. The molecule has 0 amide bonds. The smallest absolute Gasteiger partial charge is 0.141 e. The van der Waals surface area contributed by atoms with Crippen LogP contribution in [-0.2, 0) is 17.6 Å². The molecule has 0 aliphatic rings. The minimum absolute atomic E-state index is 0.285. The Bertz CT molecular complexity index is 583. The predicted octanol–water partition coefficient (Wildman–Crippen LogP) is 4.27. The lowest BCUT2D eigenvalue weighted by Crippen LogP contribution is -2.09. The van der Waals surface area contributed by atoms with Gasteiger partial charge in [0.15, 0.2) is 0 Å². The van der Waals surface area contributed by atoms with Crippen molar-refractivity contribution < 1.29 is 4.79 Å². The molecule has 104 valence electrons. The van der Waals surface area contributed by atoms with Crippen LogP contribution in [0.3, 0.4) is 0 Å². The number of Topliss-reactive ketones (excluding diaryl/α,β-unsaturated/α-hetero) is 1. The Kier molecular flexibility index (Phi) is 4.39. The van der Waals surface area contributed by atoms with E-state index in [9.17, 15) is 4.79 Å². The van der Waals surface area contributed by atoms with Crippen molar-refractivity contribution in [1.82, 2.24) is 0 Å². The fourth-order valence-electron chi connectivity index (χ4n) is 2.49. The Hall–Kier alpha value is -1.89. The van der Waals surface area contributed by atoms with Gasteiger partial charge in [0.2, 0.25) is 0 Å². The monoisotopic (exact) mass is 266 g/mol. The van der Waals surface area contributed by atoms with Gasteiger partial charge in [0.25, 0.3) is 0 Å². The highest BCUT2D eigenvalue weighted by molar-refractivity contribution is 5.83. The molecule has 2 aromatic rings. The summed E-state index contributed by atoms with van der Waals surface area (Å²) in [6.07, 6.45) is 1.06. The lowest BCUT2D eigenvalue weighted by atomic mass is 9.94. The van der Waals surface area contributed by atoms with Gasteiger partial charge in [-0.15, -0.1) is 0 Å². The maximum atomic E-state index is 12.3. The zero-order valence-electron chi connectivity index (χ0n) is 12.8. The van der Waals surface area contributed by atoms with Gasteiger partial charge in [0, 0.05) is 12.8 Å². The fourth-order valence-corrected chi connectivity index (χ4v) is 2.49. The minimum Gasteiger partial charge on any atom is -0.299 e. The van der Waals surface area contributed by atoms with E-state index in [-0.39, 0.29) is 5.78 Å². The lowest BCUT2D eigenvalue weighted by Gasteiger charge is -2.10. The highest BCUT2D eigenvalue weighted by Gasteiger charge is 2.10. The molecule has 0 saturated carbocycles. The highest BCUT2D eigenvalue weighted by Crippen LogP contribution is 2.17. The van der Waals surface area contributed by atoms with E-state index in [0.29, 0.717) is 12.8 Å². The fraction of sp³-hybridized carbons (Fsp3) is 0.316. The third kappa shape index (κ3) is 3.16. The van der Waals surface area contributed by atoms with Gasteiger partial charge in [0.1, 0.15) is 5.78 Å². The summed E-state index contributed by atoms with van der Waals surface area (Å²) in [4.78, 5) is 12.3. The summed E-state index contributed by atoms with van der Waals surface area (Å²) in [7, 11) is 0. The van der Waals surface area contributed by atoms with Gasteiger partial charge in [-0.2, -0.15) is 0 Å². The number of carbonyl (C=O) groups is 1. The molecular weight excluding hydrogens is 244 g/mol. The Labute approximate surface area is 121 Å². The first kappa shape index (κ1) is 14.5. The van der Waals surface area contributed by atoms with Crippen LogP contribution in [0.1, 0.15) is 33.4 Å². The lowest BCUT2D eigenvalue weighted by molar-refractivity contribution is -0.117. The summed E-state index contributed by atoms with van der Waals surface area (Å²) in [5, 5.41) is 0. The number of hydrogen-bond donors (Lipinski definition) is 0. The third-order valence-electron chi connectivity index (χ3n) is 4.21. The summed E-state index contributed by atoms with van der Waals surface area (Å²) in [6, 6.07) is 12.4. The van der Waals surface area contributed by atoms with Crippen LogP contribution in [-0.4, -0.2) is 5.78 Å². The Morgan fingerprint density at radius 3 is 1.55 bits per heavy atom. The Balaban J connectivity index is 2.13. The topological polar surface area (TPSA) is 17.1 Å². The molecule has 0 radical (unpaired) electrons. The van der Waals surface area contributed by atoms with Gasteiger partial charge in [-0.3, -0.25) is 4.79 Å². The average molecular weight is 266 g/mol. The van der Waals surface area contributed by atoms with Gasteiger partial charge in [-0.1, -0.05) is 36.4 Å². The first-order valence-corrected chi connectivity index (χ1v) is 7.11. The van der Waals surface area contributed by atoms with Crippen LogP contribution in [0.4, 0.5) is 0 Å². The highest BCUT2D eigenvalue weighted by atomic mass is 16.1. The molecular formula is C19H22O. The minimum atomic E-state index is 0.285. The van der Waals surface area contributed by atoms with Crippen molar-refractivity contribution in [1.29, 1.82) is 0 Å². The molecule has 0 aromatic heterocycles. The molecule has 20 heavy (non-hydrogen) atoms. The number of hydrogen-bond acceptors (Lipinski definition) is 1. The van der Waals surface area contributed by atoms with Crippen molar-refractivity contribution in [3.8, 4) is 0 Å². The van der Waals surface area contributed by atoms with Gasteiger partial charge in [-0.05, 0) is 61.1 Å². The van der Waals surface area contributed by atoms with Crippen molar-refractivity contribution >= 4 is 5.78 Å². The second kappa shape index (κ2) is 6.04. The van der Waals surface area contributed by atoms with E-state index in [1.54, 1.807) is 0 Å². The van der Waals surface area contributed by atoms with Crippen molar-refractivity contribution in [2.24, 2.45) is 0 Å². The predicted molar refractivity (Wildman–Crippen MR) is 84.2 cm³/mol. The zero-order chi connectivity index (χ0) is 14.7. The van der Waals surface area contributed by atoms with E-state index in [4.69, 9.17) is 0 Å². The molecule has 0 aliphatic carbocycles. The molecule has 0 spiro atoms. The van der Waals surface area contributed by atoms with E-state index >= 15 is 0 Å². The standard InChI is InChI=1S/C19H22O/c1-13-7-5-9-17(15(13)3)11-19(20)12-18-10-6-8-14(2)16(18)4/h5-10H,11-12H2,1-4H3. The van der Waals surface area contributed by atoms with Crippen LogP contribution < -0.4 is 0 Å². The van der Waals surface area contributed by atoms with Gasteiger partial charge >= 0.3 is 0 Å². The number of carbonyl (C=O) groups excluding carboxylic acids is 1. The zero-order valence-corrected chi connectivity index (χ0v) is 12.8. The molecule has 0 atom stereocenters. The Morgan fingerprint density at radius 2 is 1.15 bits per heavy atom. The van der Waals surface area contributed by atoms with Gasteiger partial charge in [0.05, 0.1) is 0 Å². The van der Waals surface area contributed by atoms with Crippen LogP contribution >= 0.6 is 0 Å². The van der Waals surface area contributed by atoms with Crippen LogP contribution in [0.25, 0.3) is 0 Å². The van der Waals surface area contributed by atoms with Gasteiger partial charge in [-0.25, -0.2) is 0 Å². The molecule has 0 saturated heterocycles.